The molecule has 0 fully saturated rings. The van der Waals surface area contributed by atoms with E-state index in [4.69, 9.17) is 5.11 Å². The van der Waals surface area contributed by atoms with Crippen LogP contribution >= 0.6 is 0 Å². The standard InChI is InChI=1S/C11H11NO3/c1-8(13)6-7-9-4-3-5-10(12-9)11(14)15-2/h3-5,8,13H,1-2H3/t8-/m1/s1. The first-order valence-corrected chi connectivity index (χ1v) is 4.38. The van der Waals surface area contributed by atoms with Gasteiger partial charge < -0.3 is 9.84 Å². The number of aliphatic hydroxyl groups is 1. The zero-order valence-corrected chi connectivity index (χ0v) is 8.52. The molecular weight excluding hydrogens is 194 g/mol. The van der Waals surface area contributed by atoms with E-state index < -0.39 is 12.1 Å². The fourth-order valence-electron chi connectivity index (χ4n) is 0.901. The number of rotatable bonds is 1. The predicted molar refractivity (Wildman–Crippen MR) is 54.1 cm³/mol. The van der Waals surface area contributed by atoms with Gasteiger partial charge in [-0.2, -0.15) is 0 Å². The first-order chi connectivity index (χ1) is 7.13. The highest BCUT2D eigenvalue weighted by atomic mass is 16.5. The molecule has 1 aromatic heterocycles. The first-order valence-electron chi connectivity index (χ1n) is 4.38. The van der Waals surface area contributed by atoms with Gasteiger partial charge in [0, 0.05) is 0 Å². The van der Waals surface area contributed by atoms with E-state index in [1.165, 1.54) is 7.11 Å². The Morgan fingerprint density at radius 3 is 2.93 bits per heavy atom. The highest BCUT2D eigenvalue weighted by molar-refractivity contribution is 5.87. The molecule has 0 spiro atoms. The molecule has 0 saturated carbocycles. The Morgan fingerprint density at radius 1 is 1.60 bits per heavy atom. The monoisotopic (exact) mass is 205 g/mol. The molecule has 1 N–H and O–H groups in total. The summed E-state index contributed by atoms with van der Waals surface area (Å²) in [6, 6.07) is 4.85. The third-order valence-electron chi connectivity index (χ3n) is 1.55. The van der Waals surface area contributed by atoms with Crippen molar-refractivity contribution in [2.45, 2.75) is 13.0 Å². The van der Waals surface area contributed by atoms with Crippen molar-refractivity contribution in [1.29, 1.82) is 0 Å². The average molecular weight is 205 g/mol. The van der Waals surface area contributed by atoms with Crippen molar-refractivity contribution >= 4 is 5.97 Å². The van der Waals surface area contributed by atoms with Gasteiger partial charge in [-0.1, -0.05) is 12.0 Å². The van der Waals surface area contributed by atoms with E-state index in [-0.39, 0.29) is 5.69 Å². The third kappa shape index (κ3) is 3.41. The lowest BCUT2D eigenvalue weighted by Gasteiger charge is -1.97. The van der Waals surface area contributed by atoms with Crippen LogP contribution in [0.2, 0.25) is 0 Å². The van der Waals surface area contributed by atoms with Gasteiger partial charge in [-0.15, -0.1) is 0 Å². The van der Waals surface area contributed by atoms with E-state index in [1.807, 2.05) is 0 Å². The second-order valence-corrected chi connectivity index (χ2v) is 2.84. The van der Waals surface area contributed by atoms with Crippen LogP contribution in [-0.2, 0) is 4.74 Å². The van der Waals surface area contributed by atoms with Gasteiger partial charge in [0.05, 0.1) is 7.11 Å². The molecule has 0 aliphatic rings. The highest BCUT2D eigenvalue weighted by Gasteiger charge is 2.06. The molecule has 0 amide bonds. The van der Waals surface area contributed by atoms with Gasteiger partial charge in [-0.05, 0) is 25.0 Å². The van der Waals surface area contributed by atoms with Crippen molar-refractivity contribution in [2.75, 3.05) is 7.11 Å². The van der Waals surface area contributed by atoms with Crippen molar-refractivity contribution in [2.24, 2.45) is 0 Å². The SMILES string of the molecule is COC(=O)c1cccc(C#C[C@@H](C)O)n1. The minimum Gasteiger partial charge on any atom is -0.464 e. The quantitative estimate of drug-likeness (QED) is 0.538. The summed E-state index contributed by atoms with van der Waals surface area (Å²) < 4.78 is 4.52. The van der Waals surface area contributed by atoms with Gasteiger partial charge in [0.2, 0.25) is 0 Å². The van der Waals surface area contributed by atoms with E-state index in [0.29, 0.717) is 5.69 Å². The maximum absolute atomic E-state index is 11.1. The Balaban J connectivity index is 2.94. The molecule has 1 aromatic rings. The summed E-state index contributed by atoms with van der Waals surface area (Å²) in [5, 5.41) is 8.95. The van der Waals surface area contributed by atoms with Crippen molar-refractivity contribution < 1.29 is 14.6 Å². The Labute approximate surface area is 87.9 Å². The second kappa shape index (κ2) is 5.13. The lowest BCUT2D eigenvalue weighted by atomic mass is 10.3. The number of aliphatic hydroxyl groups excluding tert-OH is 1. The van der Waals surface area contributed by atoms with Crippen LogP contribution in [0.3, 0.4) is 0 Å². The lowest BCUT2D eigenvalue weighted by Crippen LogP contribution is -2.04. The Morgan fingerprint density at radius 2 is 2.33 bits per heavy atom. The van der Waals surface area contributed by atoms with Crippen molar-refractivity contribution in [3.8, 4) is 11.8 Å². The van der Waals surface area contributed by atoms with Crippen molar-refractivity contribution in [3.63, 3.8) is 0 Å². The molecule has 0 saturated heterocycles. The molecule has 1 atom stereocenters. The molecule has 0 aromatic carbocycles. The summed E-state index contributed by atoms with van der Waals surface area (Å²) >= 11 is 0. The molecule has 0 radical (unpaired) electrons. The minimum atomic E-state index is -0.714. The number of nitrogens with zero attached hydrogens (tertiary/aromatic N) is 1. The fourth-order valence-corrected chi connectivity index (χ4v) is 0.901. The molecule has 0 aliphatic heterocycles. The van der Waals surface area contributed by atoms with Crippen LogP contribution in [0.25, 0.3) is 0 Å². The number of pyridine rings is 1. The Hall–Kier alpha value is -1.86. The minimum absolute atomic E-state index is 0.204. The second-order valence-electron chi connectivity index (χ2n) is 2.84. The maximum atomic E-state index is 11.1. The summed E-state index contributed by atoms with van der Waals surface area (Å²) in [4.78, 5) is 15.1. The van der Waals surface area contributed by atoms with Crippen LogP contribution < -0.4 is 0 Å². The van der Waals surface area contributed by atoms with Gasteiger partial charge >= 0.3 is 5.97 Å². The van der Waals surface area contributed by atoms with Crippen LogP contribution in [-0.4, -0.2) is 29.3 Å². The smallest absolute Gasteiger partial charge is 0.356 e. The number of methoxy groups -OCH3 is 1. The van der Waals surface area contributed by atoms with E-state index in [9.17, 15) is 4.79 Å². The zero-order valence-electron chi connectivity index (χ0n) is 8.52. The molecule has 0 bridgehead atoms. The number of carbonyl (C=O) groups excluding carboxylic acids is 1. The normalized spacial score (nSPS) is 11.1. The number of hydrogen-bond acceptors (Lipinski definition) is 4. The van der Waals surface area contributed by atoms with Gasteiger partial charge in [0.1, 0.15) is 17.5 Å². The summed E-state index contributed by atoms with van der Waals surface area (Å²) in [5.74, 6) is 4.68. The fraction of sp³-hybridized carbons (Fsp3) is 0.273. The first kappa shape index (κ1) is 11.2. The summed E-state index contributed by atoms with van der Waals surface area (Å²) in [6.07, 6.45) is -0.714. The average Bonchev–Trinajstić information content (AvgIpc) is 2.25. The van der Waals surface area contributed by atoms with Gasteiger partial charge in [-0.3, -0.25) is 0 Å². The van der Waals surface area contributed by atoms with Crippen LogP contribution in [0.15, 0.2) is 18.2 Å². The lowest BCUT2D eigenvalue weighted by molar-refractivity contribution is 0.0594. The van der Waals surface area contributed by atoms with E-state index >= 15 is 0 Å². The number of ether oxygens (including phenoxy) is 1. The summed E-state index contributed by atoms with van der Waals surface area (Å²) in [6.45, 7) is 1.55. The van der Waals surface area contributed by atoms with Crippen LogP contribution in [0.5, 0.6) is 0 Å². The number of aromatic nitrogens is 1. The number of carbonyl (C=O) groups is 1. The molecule has 1 rings (SSSR count). The summed E-state index contributed by atoms with van der Waals surface area (Å²) in [7, 11) is 1.29. The number of hydrogen-bond donors (Lipinski definition) is 1. The van der Waals surface area contributed by atoms with Gasteiger partial charge in [0.15, 0.2) is 0 Å². The predicted octanol–water partition coefficient (Wildman–Crippen LogP) is 0.600. The van der Waals surface area contributed by atoms with Crippen LogP contribution in [0, 0.1) is 11.8 Å². The van der Waals surface area contributed by atoms with Crippen molar-refractivity contribution in [1.82, 2.24) is 4.98 Å². The third-order valence-corrected chi connectivity index (χ3v) is 1.55. The van der Waals surface area contributed by atoms with Crippen LogP contribution in [0.1, 0.15) is 23.1 Å². The molecule has 15 heavy (non-hydrogen) atoms. The molecule has 4 heteroatoms. The Bertz CT molecular complexity index is 415. The topological polar surface area (TPSA) is 59.4 Å². The maximum Gasteiger partial charge on any atom is 0.356 e. The molecule has 0 aliphatic carbocycles. The number of esters is 1. The highest BCUT2D eigenvalue weighted by Crippen LogP contribution is 1.99. The van der Waals surface area contributed by atoms with E-state index in [1.54, 1.807) is 25.1 Å². The Kier molecular flexibility index (Phi) is 3.83. The molecule has 1 heterocycles. The zero-order chi connectivity index (χ0) is 11.3. The van der Waals surface area contributed by atoms with Crippen LogP contribution in [0.4, 0.5) is 0 Å². The van der Waals surface area contributed by atoms with Gasteiger partial charge in [-0.25, -0.2) is 9.78 Å². The van der Waals surface area contributed by atoms with Crippen molar-refractivity contribution in [3.05, 3.63) is 29.6 Å². The molecule has 4 nitrogen and oxygen atoms in total. The molecule has 78 valence electrons. The molecule has 0 unspecified atom stereocenters. The molecular formula is C11H11NO3. The van der Waals surface area contributed by atoms with E-state index in [0.717, 1.165) is 0 Å². The largest absolute Gasteiger partial charge is 0.464 e. The summed E-state index contributed by atoms with van der Waals surface area (Å²) in [5.41, 5.74) is 0.633. The van der Waals surface area contributed by atoms with E-state index in [2.05, 4.69) is 21.6 Å². The van der Waals surface area contributed by atoms with Gasteiger partial charge in [0.25, 0.3) is 0 Å².